The van der Waals surface area contributed by atoms with Crippen LogP contribution in [0.3, 0.4) is 0 Å². The van der Waals surface area contributed by atoms with Crippen LogP contribution in [-0.4, -0.2) is 17.0 Å². The average molecular weight is 259 g/mol. The highest BCUT2D eigenvalue weighted by Gasteiger charge is 2.10. The van der Waals surface area contributed by atoms with Crippen LogP contribution in [0.5, 0.6) is 11.5 Å². The third kappa shape index (κ3) is 2.98. The van der Waals surface area contributed by atoms with E-state index < -0.39 is 4.92 Å². The number of anilines is 1. The van der Waals surface area contributed by atoms with Gasteiger partial charge in [0, 0.05) is 19.2 Å². The summed E-state index contributed by atoms with van der Waals surface area (Å²) in [6, 6.07) is 6.28. The molecule has 2 aromatic rings. The minimum absolute atomic E-state index is 0.00155. The third-order valence-corrected chi connectivity index (χ3v) is 2.61. The van der Waals surface area contributed by atoms with Crippen LogP contribution in [0.4, 0.5) is 11.4 Å². The van der Waals surface area contributed by atoms with Crippen molar-refractivity contribution >= 4 is 11.4 Å². The van der Waals surface area contributed by atoms with Crippen LogP contribution in [0.15, 0.2) is 36.7 Å². The molecule has 0 unspecified atom stereocenters. The van der Waals surface area contributed by atoms with Gasteiger partial charge in [0.05, 0.1) is 29.1 Å². The molecule has 6 nitrogen and oxygen atoms in total. The molecular weight excluding hydrogens is 246 g/mol. The Hall–Kier alpha value is -2.63. The zero-order chi connectivity index (χ0) is 13.8. The summed E-state index contributed by atoms with van der Waals surface area (Å²) >= 11 is 0. The van der Waals surface area contributed by atoms with E-state index in [-0.39, 0.29) is 5.69 Å². The van der Waals surface area contributed by atoms with Crippen molar-refractivity contribution in [1.29, 1.82) is 0 Å². The van der Waals surface area contributed by atoms with Gasteiger partial charge in [0.25, 0.3) is 5.69 Å². The molecule has 1 aromatic carbocycles. The van der Waals surface area contributed by atoms with Crippen molar-refractivity contribution < 1.29 is 9.66 Å². The van der Waals surface area contributed by atoms with Gasteiger partial charge in [-0.15, -0.1) is 0 Å². The molecule has 6 heteroatoms. The Morgan fingerprint density at radius 3 is 2.79 bits per heavy atom. The van der Waals surface area contributed by atoms with Crippen LogP contribution in [0.25, 0.3) is 0 Å². The van der Waals surface area contributed by atoms with Crippen molar-refractivity contribution in [3.05, 3.63) is 52.3 Å². The lowest BCUT2D eigenvalue weighted by Crippen LogP contribution is -1.94. The highest BCUT2D eigenvalue weighted by atomic mass is 16.6. The fourth-order valence-corrected chi connectivity index (χ4v) is 1.55. The molecule has 1 N–H and O–H groups in total. The molecule has 0 aliphatic carbocycles. The SMILES string of the molecule is CNc1cncc(Oc2cc([N+](=O)[O-])ccc2C)c1. The number of hydrogen-bond donors (Lipinski definition) is 1. The van der Waals surface area contributed by atoms with E-state index in [9.17, 15) is 10.1 Å². The molecule has 1 aromatic heterocycles. The summed E-state index contributed by atoms with van der Waals surface area (Å²) in [7, 11) is 1.78. The van der Waals surface area contributed by atoms with Crippen molar-refractivity contribution in [3.63, 3.8) is 0 Å². The Morgan fingerprint density at radius 2 is 2.11 bits per heavy atom. The number of non-ortho nitro benzene ring substituents is 1. The number of pyridine rings is 1. The first-order valence-corrected chi connectivity index (χ1v) is 5.66. The Kier molecular flexibility index (Phi) is 3.61. The average Bonchev–Trinajstić information content (AvgIpc) is 2.41. The minimum atomic E-state index is -0.450. The predicted molar refractivity (Wildman–Crippen MR) is 71.7 cm³/mol. The Balaban J connectivity index is 2.31. The summed E-state index contributed by atoms with van der Waals surface area (Å²) in [5.41, 5.74) is 1.62. The largest absolute Gasteiger partial charge is 0.455 e. The molecule has 0 saturated heterocycles. The van der Waals surface area contributed by atoms with E-state index in [1.54, 1.807) is 31.6 Å². The van der Waals surface area contributed by atoms with Crippen LogP contribution >= 0.6 is 0 Å². The lowest BCUT2D eigenvalue weighted by molar-refractivity contribution is -0.384. The van der Waals surface area contributed by atoms with Crippen molar-refractivity contribution in [2.45, 2.75) is 6.92 Å². The Labute approximate surface area is 110 Å². The number of rotatable bonds is 4. The number of nitro benzene ring substituents is 1. The molecule has 0 atom stereocenters. The number of ether oxygens (including phenoxy) is 1. The molecule has 0 spiro atoms. The van der Waals surface area contributed by atoms with Gasteiger partial charge < -0.3 is 10.1 Å². The summed E-state index contributed by atoms with van der Waals surface area (Å²) in [4.78, 5) is 14.3. The summed E-state index contributed by atoms with van der Waals surface area (Å²) in [6.07, 6.45) is 3.21. The summed E-state index contributed by atoms with van der Waals surface area (Å²) in [5, 5.41) is 13.7. The van der Waals surface area contributed by atoms with Gasteiger partial charge in [-0.25, -0.2) is 0 Å². The molecular formula is C13H13N3O3. The van der Waals surface area contributed by atoms with Gasteiger partial charge in [0.15, 0.2) is 0 Å². The van der Waals surface area contributed by atoms with Crippen LogP contribution < -0.4 is 10.1 Å². The second kappa shape index (κ2) is 5.34. The van der Waals surface area contributed by atoms with Gasteiger partial charge in [0.1, 0.15) is 11.5 Å². The van der Waals surface area contributed by atoms with E-state index in [1.165, 1.54) is 12.1 Å². The molecule has 19 heavy (non-hydrogen) atoms. The first kappa shape index (κ1) is 12.8. The van der Waals surface area contributed by atoms with Gasteiger partial charge in [-0.05, 0) is 18.6 Å². The maximum absolute atomic E-state index is 10.7. The van der Waals surface area contributed by atoms with E-state index in [0.717, 1.165) is 11.3 Å². The zero-order valence-electron chi connectivity index (χ0n) is 10.6. The molecule has 0 fully saturated rings. The predicted octanol–water partition coefficient (Wildman–Crippen LogP) is 3.13. The van der Waals surface area contributed by atoms with Gasteiger partial charge in [-0.1, -0.05) is 0 Å². The number of nitro groups is 1. The molecule has 0 bridgehead atoms. The molecule has 98 valence electrons. The molecule has 0 radical (unpaired) electrons. The first-order chi connectivity index (χ1) is 9.10. The van der Waals surface area contributed by atoms with Crippen LogP contribution in [-0.2, 0) is 0 Å². The minimum Gasteiger partial charge on any atom is -0.455 e. The maximum Gasteiger partial charge on any atom is 0.273 e. The number of aryl methyl sites for hydroxylation is 1. The normalized spacial score (nSPS) is 10.0. The van der Waals surface area contributed by atoms with Crippen molar-refractivity contribution in [2.75, 3.05) is 12.4 Å². The first-order valence-electron chi connectivity index (χ1n) is 5.66. The summed E-state index contributed by atoms with van der Waals surface area (Å²) in [6.45, 7) is 1.83. The summed E-state index contributed by atoms with van der Waals surface area (Å²) in [5.74, 6) is 0.972. The number of nitrogens with one attached hydrogen (secondary N) is 1. The quantitative estimate of drug-likeness (QED) is 0.674. The van der Waals surface area contributed by atoms with Crippen LogP contribution in [0.2, 0.25) is 0 Å². The second-order valence-electron chi connectivity index (χ2n) is 3.97. The van der Waals surface area contributed by atoms with Crippen molar-refractivity contribution in [2.24, 2.45) is 0 Å². The molecule has 2 rings (SSSR count). The fraction of sp³-hybridized carbons (Fsp3) is 0.154. The number of hydrogen-bond acceptors (Lipinski definition) is 5. The molecule has 1 heterocycles. The van der Waals surface area contributed by atoms with E-state index in [0.29, 0.717) is 11.5 Å². The van der Waals surface area contributed by atoms with E-state index in [2.05, 4.69) is 10.3 Å². The number of nitrogens with zero attached hydrogens (tertiary/aromatic N) is 2. The zero-order valence-corrected chi connectivity index (χ0v) is 10.6. The molecule has 0 amide bonds. The fourth-order valence-electron chi connectivity index (χ4n) is 1.55. The Bertz CT molecular complexity index is 614. The van der Waals surface area contributed by atoms with E-state index in [1.807, 2.05) is 6.92 Å². The standard InChI is InChI=1S/C13H13N3O3/c1-9-3-4-11(16(17)18)6-13(9)19-12-5-10(14-2)7-15-8-12/h3-8,14H,1-2H3. The topological polar surface area (TPSA) is 77.3 Å². The lowest BCUT2D eigenvalue weighted by atomic mass is 10.2. The Morgan fingerprint density at radius 1 is 1.32 bits per heavy atom. The van der Waals surface area contributed by atoms with Crippen LogP contribution in [0, 0.1) is 17.0 Å². The summed E-state index contributed by atoms with van der Waals surface area (Å²) < 4.78 is 5.64. The van der Waals surface area contributed by atoms with Gasteiger partial charge >= 0.3 is 0 Å². The number of aromatic nitrogens is 1. The van der Waals surface area contributed by atoms with E-state index in [4.69, 9.17) is 4.74 Å². The van der Waals surface area contributed by atoms with Crippen molar-refractivity contribution in [3.8, 4) is 11.5 Å². The van der Waals surface area contributed by atoms with Crippen LogP contribution in [0.1, 0.15) is 5.56 Å². The highest BCUT2D eigenvalue weighted by Crippen LogP contribution is 2.29. The molecule has 0 saturated carbocycles. The molecule has 0 aliphatic heterocycles. The number of benzene rings is 1. The second-order valence-corrected chi connectivity index (χ2v) is 3.97. The van der Waals surface area contributed by atoms with Gasteiger partial charge in [-0.3, -0.25) is 15.1 Å². The monoisotopic (exact) mass is 259 g/mol. The lowest BCUT2D eigenvalue weighted by Gasteiger charge is -2.09. The van der Waals surface area contributed by atoms with Gasteiger partial charge in [0.2, 0.25) is 0 Å². The van der Waals surface area contributed by atoms with Crippen molar-refractivity contribution in [1.82, 2.24) is 4.98 Å². The third-order valence-electron chi connectivity index (χ3n) is 2.61. The van der Waals surface area contributed by atoms with E-state index >= 15 is 0 Å². The molecule has 0 aliphatic rings. The van der Waals surface area contributed by atoms with Gasteiger partial charge in [-0.2, -0.15) is 0 Å². The highest BCUT2D eigenvalue weighted by molar-refractivity contribution is 5.48. The maximum atomic E-state index is 10.7. The smallest absolute Gasteiger partial charge is 0.273 e.